The summed E-state index contributed by atoms with van der Waals surface area (Å²) >= 11 is 2.98. The predicted octanol–water partition coefficient (Wildman–Crippen LogP) is 4.05. The van der Waals surface area contributed by atoms with Crippen LogP contribution in [0.5, 0.6) is 0 Å². The van der Waals surface area contributed by atoms with Crippen molar-refractivity contribution in [2.45, 2.75) is 12.8 Å². The van der Waals surface area contributed by atoms with E-state index in [2.05, 4.69) is 21.2 Å². The zero-order valence-electron chi connectivity index (χ0n) is 11.2. The van der Waals surface area contributed by atoms with E-state index >= 15 is 0 Å². The van der Waals surface area contributed by atoms with Crippen molar-refractivity contribution < 1.29 is 13.6 Å². The van der Waals surface area contributed by atoms with Crippen molar-refractivity contribution in [3.8, 4) is 0 Å². The SMILES string of the molecule is CC(C(=O)Nc1c(F)cc(Br)cc1F)c1cccc(N)c1. The standard InChI is InChI=1S/C15H13BrF2N2O/c1-8(9-3-2-4-11(19)5-9)15(21)20-14-12(17)6-10(16)7-13(14)18/h2-8H,19H2,1H3,(H,20,21). The number of amides is 1. The fourth-order valence-corrected chi connectivity index (χ4v) is 2.27. The van der Waals surface area contributed by atoms with E-state index in [0.717, 1.165) is 12.1 Å². The fraction of sp³-hybridized carbons (Fsp3) is 0.133. The van der Waals surface area contributed by atoms with Gasteiger partial charge in [0.2, 0.25) is 5.91 Å². The number of carbonyl (C=O) groups excluding carboxylic acids is 1. The molecule has 0 aromatic heterocycles. The Morgan fingerprint density at radius 3 is 2.43 bits per heavy atom. The van der Waals surface area contributed by atoms with Gasteiger partial charge in [0.15, 0.2) is 11.6 Å². The van der Waals surface area contributed by atoms with Gasteiger partial charge in [-0.3, -0.25) is 4.79 Å². The topological polar surface area (TPSA) is 55.1 Å². The molecule has 0 aliphatic rings. The van der Waals surface area contributed by atoms with E-state index in [9.17, 15) is 13.6 Å². The summed E-state index contributed by atoms with van der Waals surface area (Å²) in [5.74, 6) is -2.78. The largest absolute Gasteiger partial charge is 0.399 e. The zero-order valence-corrected chi connectivity index (χ0v) is 12.7. The van der Waals surface area contributed by atoms with Crippen LogP contribution in [0.3, 0.4) is 0 Å². The number of hydrogen-bond donors (Lipinski definition) is 2. The summed E-state index contributed by atoms with van der Waals surface area (Å²) in [6.45, 7) is 1.64. The van der Waals surface area contributed by atoms with Crippen molar-refractivity contribution in [3.05, 3.63) is 58.1 Å². The third kappa shape index (κ3) is 3.58. The molecule has 0 bridgehead atoms. The lowest BCUT2D eigenvalue weighted by molar-refractivity contribution is -0.117. The van der Waals surface area contributed by atoms with Crippen LogP contribution in [-0.2, 0) is 4.79 Å². The van der Waals surface area contributed by atoms with Crippen LogP contribution in [0.2, 0.25) is 0 Å². The summed E-state index contributed by atoms with van der Waals surface area (Å²) in [5, 5.41) is 2.27. The summed E-state index contributed by atoms with van der Waals surface area (Å²) < 4.78 is 27.7. The fourth-order valence-electron chi connectivity index (χ4n) is 1.87. The summed E-state index contributed by atoms with van der Waals surface area (Å²) in [6, 6.07) is 8.97. The summed E-state index contributed by atoms with van der Waals surface area (Å²) in [5.41, 5.74) is 6.39. The summed E-state index contributed by atoms with van der Waals surface area (Å²) in [4.78, 5) is 12.1. The molecule has 3 N–H and O–H groups in total. The lowest BCUT2D eigenvalue weighted by Crippen LogP contribution is -2.20. The molecule has 3 nitrogen and oxygen atoms in total. The Morgan fingerprint density at radius 1 is 1.24 bits per heavy atom. The molecule has 2 aromatic carbocycles. The number of carbonyl (C=O) groups is 1. The Bertz CT molecular complexity index is 668. The Morgan fingerprint density at radius 2 is 1.86 bits per heavy atom. The van der Waals surface area contributed by atoms with Crippen LogP contribution in [-0.4, -0.2) is 5.91 Å². The minimum atomic E-state index is -0.838. The van der Waals surface area contributed by atoms with Crippen LogP contribution >= 0.6 is 15.9 Å². The first-order valence-electron chi connectivity index (χ1n) is 6.19. The molecule has 0 spiro atoms. The van der Waals surface area contributed by atoms with E-state index in [1.807, 2.05) is 0 Å². The van der Waals surface area contributed by atoms with E-state index in [0.29, 0.717) is 11.3 Å². The zero-order chi connectivity index (χ0) is 15.6. The summed E-state index contributed by atoms with van der Waals surface area (Å²) in [7, 11) is 0. The van der Waals surface area contributed by atoms with Gasteiger partial charge in [-0.15, -0.1) is 0 Å². The molecule has 21 heavy (non-hydrogen) atoms. The maximum atomic E-state index is 13.7. The molecular weight excluding hydrogens is 342 g/mol. The van der Waals surface area contributed by atoms with E-state index in [4.69, 9.17) is 5.73 Å². The lowest BCUT2D eigenvalue weighted by Gasteiger charge is -2.14. The van der Waals surface area contributed by atoms with E-state index in [1.165, 1.54) is 0 Å². The third-order valence-corrected chi connectivity index (χ3v) is 3.52. The minimum absolute atomic E-state index is 0.263. The average molecular weight is 355 g/mol. The van der Waals surface area contributed by atoms with Gasteiger partial charge in [0.25, 0.3) is 0 Å². The Kier molecular flexibility index (Phi) is 4.57. The van der Waals surface area contributed by atoms with E-state index < -0.39 is 29.1 Å². The molecule has 0 saturated heterocycles. The Hall–Kier alpha value is -1.95. The molecule has 1 unspecified atom stereocenters. The number of benzene rings is 2. The van der Waals surface area contributed by atoms with Gasteiger partial charge >= 0.3 is 0 Å². The van der Waals surface area contributed by atoms with Crippen LogP contribution in [0.25, 0.3) is 0 Å². The molecule has 0 heterocycles. The van der Waals surface area contributed by atoms with E-state index in [1.54, 1.807) is 31.2 Å². The maximum absolute atomic E-state index is 13.7. The van der Waals surface area contributed by atoms with Crippen LogP contribution in [0.1, 0.15) is 18.4 Å². The van der Waals surface area contributed by atoms with Crippen molar-refractivity contribution in [2.24, 2.45) is 0 Å². The van der Waals surface area contributed by atoms with Crippen molar-refractivity contribution in [1.29, 1.82) is 0 Å². The van der Waals surface area contributed by atoms with Gasteiger partial charge in [0.05, 0.1) is 5.92 Å². The molecule has 0 aliphatic carbocycles. The molecule has 1 atom stereocenters. The molecule has 0 radical (unpaired) electrons. The van der Waals surface area contributed by atoms with Crippen molar-refractivity contribution in [3.63, 3.8) is 0 Å². The molecule has 1 amide bonds. The predicted molar refractivity (Wildman–Crippen MR) is 82.0 cm³/mol. The highest BCUT2D eigenvalue weighted by Crippen LogP contribution is 2.26. The molecule has 0 saturated carbocycles. The maximum Gasteiger partial charge on any atom is 0.231 e. The number of hydrogen-bond acceptors (Lipinski definition) is 2. The van der Waals surface area contributed by atoms with Crippen molar-refractivity contribution >= 4 is 33.2 Å². The molecule has 2 aromatic rings. The average Bonchev–Trinajstić information content (AvgIpc) is 2.41. The van der Waals surface area contributed by atoms with Gasteiger partial charge in [-0.1, -0.05) is 28.1 Å². The van der Waals surface area contributed by atoms with Crippen LogP contribution < -0.4 is 11.1 Å². The van der Waals surface area contributed by atoms with Crippen molar-refractivity contribution in [2.75, 3.05) is 11.1 Å². The highest BCUT2D eigenvalue weighted by molar-refractivity contribution is 9.10. The summed E-state index contributed by atoms with van der Waals surface area (Å²) in [6.07, 6.45) is 0. The molecule has 6 heteroatoms. The van der Waals surface area contributed by atoms with Crippen molar-refractivity contribution in [1.82, 2.24) is 0 Å². The molecular formula is C15H13BrF2N2O. The second-order valence-electron chi connectivity index (χ2n) is 4.63. The number of anilines is 2. The molecule has 0 fully saturated rings. The highest BCUT2D eigenvalue weighted by atomic mass is 79.9. The monoisotopic (exact) mass is 354 g/mol. The molecule has 110 valence electrons. The second kappa shape index (κ2) is 6.22. The molecule has 0 aliphatic heterocycles. The number of nitrogen functional groups attached to an aromatic ring is 1. The first kappa shape index (κ1) is 15.4. The highest BCUT2D eigenvalue weighted by Gasteiger charge is 2.19. The third-order valence-electron chi connectivity index (χ3n) is 3.06. The smallest absolute Gasteiger partial charge is 0.231 e. The van der Waals surface area contributed by atoms with E-state index in [-0.39, 0.29) is 4.47 Å². The van der Waals surface area contributed by atoms with Gasteiger partial charge in [0.1, 0.15) is 5.69 Å². The molecule has 2 rings (SSSR count). The quantitative estimate of drug-likeness (QED) is 0.816. The van der Waals surface area contributed by atoms with Gasteiger partial charge in [-0.05, 0) is 36.8 Å². The normalized spacial score (nSPS) is 12.0. The lowest BCUT2D eigenvalue weighted by atomic mass is 10.00. The number of halogens is 3. The first-order valence-corrected chi connectivity index (χ1v) is 6.98. The van der Waals surface area contributed by atoms with Gasteiger partial charge < -0.3 is 11.1 Å². The van der Waals surface area contributed by atoms with Gasteiger partial charge in [-0.25, -0.2) is 8.78 Å². The van der Waals surface area contributed by atoms with Gasteiger partial charge in [-0.2, -0.15) is 0 Å². The van der Waals surface area contributed by atoms with Gasteiger partial charge in [0, 0.05) is 10.2 Å². The van der Waals surface area contributed by atoms with Crippen LogP contribution in [0.15, 0.2) is 40.9 Å². The Balaban J connectivity index is 2.22. The number of nitrogens with two attached hydrogens (primary N) is 1. The second-order valence-corrected chi connectivity index (χ2v) is 5.54. The number of nitrogens with one attached hydrogen (secondary N) is 1. The minimum Gasteiger partial charge on any atom is -0.399 e. The first-order chi connectivity index (χ1) is 9.88. The van der Waals surface area contributed by atoms with Crippen LogP contribution in [0, 0.1) is 11.6 Å². The Labute approximate surface area is 129 Å². The van der Waals surface area contributed by atoms with Crippen LogP contribution in [0.4, 0.5) is 20.2 Å². The number of rotatable bonds is 3.